The molecule has 1 aromatic heterocycles. The number of anilines is 1. The normalized spacial score (nSPS) is 21.2. The van der Waals surface area contributed by atoms with Gasteiger partial charge >= 0.3 is 6.36 Å². The Kier molecular flexibility index (Phi) is 5.54. The summed E-state index contributed by atoms with van der Waals surface area (Å²) < 4.78 is 53.5. The molecule has 3 heterocycles. The molecular weight excluding hydrogens is 489 g/mol. The zero-order chi connectivity index (χ0) is 25.7. The van der Waals surface area contributed by atoms with Crippen molar-refractivity contribution in [3.63, 3.8) is 0 Å². The third-order valence-electron chi connectivity index (χ3n) is 6.80. The van der Waals surface area contributed by atoms with Gasteiger partial charge in [0.25, 0.3) is 0 Å². The smallest absolute Gasteiger partial charge is 0.489 e. The number of benzene rings is 2. The number of nitrogens with one attached hydrogen (secondary N) is 1. The molecule has 6 rings (SSSR count). The second-order valence-electron chi connectivity index (χ2n) is 9.37. The van der Waals surface area contributed by atoms with Crippen molar-refractivity contribution in [2.24, 2.45) is 5.92 Å². The molecule has 1 aliphatic carbocycles. The van der Waals surface area contributed by atoms with Crippen LogP contribution in [0.4, 0.5) is 19.0 Å². The molecule has 1 saturated carbocycles. The maximum Gasteiger partial charge on any atom is 0.573 e. The summed E-state index contributed by atoms with van der Waals surface area (Å²) in [5.41, 5.74) is 2.28. The topological polar surface area (TPSA) is 86.8 Å². The van der Waals surface area contributed by atoms with Crippen LogP contribution in [0.1, 0.15) is 35.4 Å². The van der Waals surface area contributed by atoms with Gasteiger partial charge in [0.1, 0.15) is 40.7 Å². The van der Waals surface area contributed by atoms with Gasteiger partial charge in [-0.3, -0.25) is 9.59 Å². The summed E-state index contributed by atoms with van der Waals surface area (Å²) in [7, 11) is 0. The number of carbonyl (C=O) groups is 2. The average molecular weight is 510 g/mol. The Morgan fingerprint density at radius 3 is 2.81 bits per heavy atom. The van der Waals surface area contributed by atoms with Crippen molar-refractivity contribution in [3.8, 4) is 23.0 Å². The first-order valence-electron chi connectivity index (χ1n) is 11.9. The molecule has 10 heteroatoms. The summed E-state index contributed by atoms with van der Waals surface area (Å²) in [4.78, 5) is 28.6. The number of Topliss-reactive ketones (excluding diaryl/α,β-unsaturated/α-hetero) is 1. The summed E-state index contributed by atoms with van der Waals surface area (Å²) in [6.07, 6.45) is -2.11. The lowest BCUT2D eigenvalue weighted by Gasteiger charge is -2.19. The Morgan fingerprint density at radius 1 is 1.11 bits per heavy atom. The van der Waals surface area contributed by atoms with Crippen molar-refractivity contribution in [2.45, 2.75) is 44.1 Å². The molecule has 190 valence electrons. The van der Waals surface area contributed by atoms with Gasteiger partial charge in [0.05, 0.1) is 0 Å². The third kappa shape index (κ3) is 4.83. The number of nitrogens with zero attached hydrogens (tertiary/aromatic N) is 1. The molecule has 0 saturated heterocycles. The van der Waals surface area contributed by atoms with Crippen molar-refractivity contribution >= 4 is 17.5 Å². The number of aromatic nitrogens is 1. The predicted molar refractivity (Wildman–Crippen MR) is 125 cm³/mol. The maximum absolute atomic E-state index is 12.7. The van der Waals surface area contributed by atoms with Gasteiger partial charge in [-0.1, -0.05) is 12.1 Å². The van der Waals surface area contributed by atoms with Crippen LogP contribution < -0.4 is 19.5 Å². The summed E-state index contributed by atoms with van der Waals surface area (Å²) >= 11 is 0. The highest BCUT2D eigenvalue weighted by Gasteiger charge is 2.59. The average Bonchev–Trinajstić information content (AvgIpc) is 3.34. The van der Waals surface area contributed by atoms with E-state index in [1.54, 1.807) is 18.3 Å². The zero-order valence-corrected chi connectivity index (χ0v) is 19.4. The minimum absolute atomic E-state index is 0.00811. The van der Waals surface area contributed by atoms with Crippen molar-refractivity contribution in [2.75, 3.05) is 5.32 Å². The van der Waals surface area contributed by atoms with Crippen LogP contribution in [0, 0.1) is 5.92 Å². The second kappa shape index (κ2) is 8.79. The van der Waals surface area contributed by atoms with E-state index in [2.05, 4.69) is 15.0 Å². The summed E-state index contributed by atoms with van der Waals surface area (Å²) in [6.45, 7) is 0. The Morgan fingerprint density at radius 2 is 1.97 bits per heavy atom. The predicted octanol–water partition coefficient (Wildman–Crippen LogP) is 5.33. The minimum atomic E-state index is -4.78. The van der Waals surface area contributed by atoms with E-state index in [4.69, 9.17) is 9.47 Å². The van der Waals surface area contributed by atoms with E-state index < -0.39 is 6.36 Å². The van der Waals surface area contributed by atoms with Crippen LogP contribution in [-0.4, -0.2) is 29.1 Å². The molecular formula is C27H21F3N2O5. The van der Waals surface area contributed by atoms with Crippen LogP contribution >= 0.6 is 0 Å². The van der Waals surface area contributed by atoms with Gasteiger partial charge < -0.3 is 19.5 Å². The van der Waals surface area contributed by atoms with E-state index in [1.165, 1.54) is 18.2 Å². The number of hydrogen-bond donors (Lipinski definition) is 1. The molecule has 1 N–H and O–H groups in total. The highest BCUT2D eigenvalue weighted by Crippen LogP contribution is 2.60. The highest BCUT2D eigenvalue weighted by atomic mass is 19.4. The van der Waals surface area contributed by atoms with Crippen molar-refractivity contribution in [3.05, 3.63) is 71.4 Å². The summed E-state index contributed by atoms with van der Waals surface area (Å²) in [5, 5.41) is 2.76. The monoisotopic (exact) mass is 510 g/mol. The third-order valence-corrected chi connectivity index (χ3v) is 6.80. The number of amides is 1. The van der Waals surface area contributed by atoms with Gasteiger partial charge in [-0.2, -0.15) is 0 Å². The first kappa shape index (κ1) is 23.3. The number of hydrogen-bond acceptors (Lipinski definition) is 6. The fourth-order valence-electron chi connectivity index (χ4n) is 5.15. The summed E-state index contributed by atoms with van der Waals surface area (Å²) in [6, 6.07) is 12.8. The highest BCUT2D eigenvalue weighted by molar-refractivity contribution is 5.93. The van der Waals surface area contributed by atoms with Gasteiger partial charge in [0.2, 0.25) is 5.91 Å². The molecule has 0 unspecified atom stereocenters. The van der Waals surface area contributed by atoms with Crippen molar-refractivity contribution < 1.29 is 37.0 Å². The van der Waals surface area contributed by atoms with Gasteiger partial charge in [0, 0.05) is 48.4 Å². The van der Waals surface area contributed by atoms with E-state index in [0.717, 1.165) is 16.9 Å². The Hall–Kier alpha value is -4.08. The fraction of sp³-hybridized carbons (Fsp3) is 0.296. The van der Waals surface area contributed by atoms with Gasteiger partial charge in [-0.15, -0.1) is 13.2 Å². The maximum atomic E-state index is 12.7. The number of ketones is 1. The van der Waals surface area contributed by atoms with E-state index in [-0.39, 0.29) is 48.2 Å². The Labute approximate surface area is 209 Å². The Bertz CT molecular complexity index is 1410. The lowest BCUT2D eigenvalue weighted by Crippen LogP contribution is -2.20. The van der Waals surface area contributed by atoms with Crippen LogP contribution in [0.15, 0.2) is 54.7 Å². The first-order valence-corrected chi connectivity index (χ1v) is 11.9. The van der Waals surface area contributed by atoms with Crippen LogP contribution in [-0.2, 0) is 22.4 Å². The lowest BCUT2D eigenvalue weighted by molar-refractivity contribution is -0.274. The molecule has 0 bridgehead atoms. The quantitative estimate of drug-likeness (QED) is 0.462. The number of alkyl halides is 3. The number of pyridine rings is 1. The molecule has 37 heavy (non-hydrogen) atoms. The number of ether oxygens (including phenoxy) is 3. The molecule has 3 aromatic rings. The van der Waals surface area contributed by atoms with Gasteiger partial charge in [-0.25, -0.2) is 4.98 Å². The van der Waals surface area contributed by atoms with Crippen LogP contribution in [0.25, 0.3) is 0 Å². The van der Waals surface area contributed by atoms with Crippen LogP contribution in [0.5, 0.6) is 23.0 Å². The molecule has 1 fully saturated rings. The molecule has 3 aliphatic rings. The van der Waals surface area contributed by atoms with Crippen molar-refractivity contribution in [1.29, 1.82) is 0 Å². The van der Waals surface area contributed by atoms with E-state index in [9.17, 15) is 22.8 Å². The Balaban J connectivity index is 1.11. The molecule has 2 aliphatic heterocycles. The standard InChI is InChI=1S/C27H21F3N2O5/c28-27(29,30)37-17-3-1-2-14(11-17)10-15(33)12-20-24-19-13-16(4-6-21(19)36-25(20)24)35-22-8-9-31-26-18(22)5-7-23(34)32-26/h1-4,6,8-9,11,13,20,24-25H,5,7,10,12H2,(H,31,32,34)/t20-,24-,25+/m0/s1. The molecule has 7 nitrogen and oxygen atoms in total. The van der Waals surface area contributed by atoms with E-state index in [1.807, 2.05) is 18.2 Å². The molecule has 3 atom stereocenters. The largest absolute Gasteiger partial charge is 0.573 e. The molecule has 0 spiro atoms. The number of carbonyl (C=O) groups excluding carboxylic acids is 2. The van der Waals surface area contributed by atoms with Gasteiger partial charge in [0.15, 0.2) is 0 Å². The first-order chi connectivity index (χ1) is 17.7. The number of rotatable bonds is 7. The number of halogens is 3. The van der Waals surface area contributed by atoms with E-state index >= 15 is 0 Å². The second-order valence-corrected chi connectivity index (χ2v) is 9.37. The van der Waals surface area contributed by atoms with Crippen LogP contribution in [0.3, 0.4) is 0 Å². The summed E-state index contributed by atoms with van der Waals surface area (Å²) in [5.74, 6) is 2.08. The van der Waals surface area contributed by atoms with Crippen molar-refractivity contribution in [1.82, 2.24) is 4.98 Å². The van der Waals surface area contributed by atoms with Gasteiger partial charge in [-0.05, 0) is 48.4 Å². The molecule has 2 aromatic carbocycles. The molecule has 0 radical (unpaired) electrons. The SMILES string of the molecule is O=C(Cc1cccc(OC(F)(F)F)c1)C[C@@H]1[C@H]2Oc3ccc(Oc4ccnc5c4CCC(=O)N5)cc3[C@@H]12. The van der Waals surface area contributed by atoms with Crippen LogP contribution in [0.2, 0.25) is 0 Å². The lowest BCUT2D eigenvalue weighted by atomic mass is 10.0. The number of fused-ring (bicyclic) bond motifs is 4. The van der Waals surface area contributed by atoms with E-state index in [0.29, 0.717) is 35.7 Å². The molecule has 1 amide bonds. The minimum Gasteiger partial charge on any atom is -0.489 e. The zero-order valence-electron chi connectivity index (χ0n) is 19.4. The fourth-order valence-corrected chi connectivity index (χ4v) is 5.15.